The van der Waals surface area contributed by atoms with Gasteiger partial charge >= 0.3 is 0 Å². The van der Waals surface area contributed by atoms with Gasteiger partial charge in [0.15, 0.2) is 0 Å². The Bertz CT molecular complexity index is 120. The van der Waals surface area contributed by atoms with Gasteiger partial charge in [0.25, 0.3) is 0 Å². The Morgan fingerprint density at radius 2 is 2.10 bits per heavy atom. The molecule has 0 bridgehead atoms. The molecule has 58 valence electrons. The lowest BCUT2D eigenvalue weighted by Gasteiger charge is -2.22. The van der Waals surface area contributed by atoms with Crippen molar-refractivity contribution in [2.24, 2.45) is 0 Å². The first-order valence-electron chi connectivity index (χ1n) is 3.21. The van der Waals surface area contributed by atoms with Crippen molar-refractivity contribution in [3.63, 3.8) is 0 Å². The second-order valence-electron chi connectivity index (χ2n) is 2.26. The predicted octanol–water partition coefficient (Wildman–Crippen LogP) is -0.505. The largest absolute Gasteiger partial charge is 0.353 e. The topological polar surface area (TPSA) is 47.6 Å². The summed E-state index contributed by atoms with van der Waals surface area (Å²) >= 11 is 0. The molecule has 10 heavy (non-hydrogen) atoms. The number of ether oxygens (including phenoxy) is 2. The van der Waals surface area contributed by atoms with Gasteiger partial charge in [0.2, 0.25) is 5.91 Å². The molecular formula is C6H11NO3. The van der Waals surface area contributed by atoms with Crippen LogP contribution in [0.4, 0.5) is 0 Å². The van der Waals surface area contributed by atoms with Crippen molar-refractivity contribution in [1.82, 2.24) is 5.32 Å². The Labute approximate surface area is 59.5 Å². The quantitative estimate of drug-likeness (QED) is 0.541. The van der Waals surface area contributed by atoms with E-state index in [1.54, 1.807) is 0 Å². The molecular weight excluding hydrogens is 134 g/mol. The van der Waals surface area contributed by atoms with Gasteiger partial charge in [0, 0.05) is 6.92 Å². The van der Waals surface area contributed by atoms with E-state index in [1.807, 2.05) is 0 Å². The number of nitrogens with one attached hydrogen (secondary N) is 1. The molecule has 0 aliphatic carbocycles. The molecule has 0 aromatic rings. The molecule has 1 saturated heterocycles. The molecule has 1 heterocycles. The summed E-state index contributed by atoms with van der Waals surface area (Å²) in [6.07, 6.45) is 0. The third-order valence-corrected chi connectivity index (χ3v) is 1.21. The van der Waals surface area contributed by atoms with Crippen LogP contribution in [-0.4, -0.2) is 32.0 Å². The second kappa shape index (κ2) is 3.53. The van der Waals surface area contributed by atoms with E-state index in [1.165, 1.54) is 6.92 Å². The fourth-order valence-corrected chi connectivity index (χ4v) is 0.859. The average Bonchev–Trinajstić information content (AvgIpc) is 1.88. The molecule has 0 aromatic carbocycles. The minimum Gasteiger partial charge on any atom is -0.353 e. The number of rotatable bonds is 1. The van der Waals surface area contributed by atoms with Crippen molar-refractivity contribution in [2.45, 2.75) is 13.0 Å². The molecule has 0 unspecified atom stereocenters. The summed E-state index contributed by atoms with van der Waals surface area (Å²) in [7, 11) is 0. The second-order valence-corrected chi connectivity index (χ2v) is 2.26. The number of hydrogen-bond acceptors (Lipinski definition) is 3. The fraction of sp³-hybridized carbons (Fsp3) is 0.833. The molecule has 4 heteroatoms. The summed E-state index contributed by atoms with van der Waals surface area (Å²) in [6, 6.07) is 0.0336. The van der Waals surface area contributed by atoms with Crippen LogP contribution >= 0.6 is 0 Å². The van der Waals surface area contributed by atoms with Crippen molar-refractivity contribution in [2.75, 3.05) is 20.0 Å². The molecule has 1 aliphatic heterocycles. The normalized spacial score (nSPS) is 20.5. The predicted molar refractivity (Wildman–Crippen MR) is 34.4 cm³/mol. The van der Waals surface area contributed by atoms with Gasteiger partial charge in [-0.05, 0) is 0 Å². The van der Waals surface area contributed by atoms with Crippen LogP contribution in [0.3, 0.4) is 0 Å². The maximum absolute atomic E-state index is 10.5. The Kier molecular flexibility index (Phi) is 2.65. The zero-order valence-corrected chi connectivity index (χ0v) is 5.92. The molecule has 1 fully saturated rings. The first kappa shape index (κ1) is 7.50. The Morgan fingerprint density at radius 3 is 2.60 bits per heavy atom. The molecule has 1 rings (SSSR count). The lowest BCUT2D eigenvalue weighted by atomic mass is 10.3. The van der Waals surface area contributed by atoms with Gasteiger partial charge in [-0.15, -0.1) is 0 Å². The maximum atomic E-state index is 10.5. The number of amides is 1. The summed E-state index contributed by atoms with van der Waals surface area (Å²) in [4.78, 5) is 10.5. The summed E-state index contributed by atoms with van der Waals surface area (Å²) in [5.41, 5.74) is 0. The number of carbonyl (C=O) groups is 1. The zero-order valence-electron chi connectivity index (χ0n) is 5.92. The van der Waals surface area contributed by atoms with Crippen LogP contribution in [0.2, 0.25) is 0 Å². The van der Waals surface area contributed by atoms with E-state index in [0.29, 0.717) is 20.0 Å². The zero-order chi connectivity index (χ0) is 7.40. The van der Waals surface area contributed by atoms with E-state index in [4.69, 9.17) is 9.47 Å². The monoisotopic (exact) mass is 145 g/mol. The minimum absolute atomic E-state index is 0.0336. The van der Waals surface area contributed by atoms with Crippen molar-refractivity contribution in [3.8, 4) is 0 Å². The Hall–Kier alpha value is -0.610. The summed E-state index contributed by atoms with van der Waals surface area (Å²) in [6.45, 7) is 2.93. The highest BCUT2D eigenvalue weighted by Gasteiger charge is 2.13. The van der Waals surface area contributed by atoms with Gasteiger partial charge in [-0.2, -0.15) is 0 Å². The number of hydrogen-bond donors (Lipinski definition) is 1. The van der Waals surface area contributed by atoms with Gasteiger partial charge in [-0.25, -0.2) is 0 Å². The minimum atomic E-state index is -0.0425. The van der Waals surface area contributed by atoms with E-state index >= 15 is 0 Å². The van der Waals surface area contributed by atoms with E-state index in [9.17, 15) is 4.79 Å². The molecule has 0 radical (unpaired) electrons. The van der Waals surface area contributed by atoms with Gasteiger partial charge < -0.3 is 14.8 Å². The van der Waals surface area contributed by atoms with E-state index in [-0.39, 0.29) is 11.9 Å². The van der Waals surface area contributed by atoms with Crippen molar-refractivity contribution >= 4 is 5.91 Å². The standard InChI is InChI=1S/C6H11NO3/c1-5(8)7-6-2-9-4-10-3-6/h6H,2-4H2,1H3,(H,7,8). The van der Waals surface area contributed by atoms with Crippen LogP contribution in [0.15, 0.2) is 0 Å². The van der Waals surface area contributed by atoms with Crippen LogP contribution < -0.4 is 5.32 Å². The molecule has 1 amide bonds. The van der Waals surface area contributed by atoms with Crippen molar-refractivity contribution in [1.29, 1.82) is 0 Å². The Balaban J connectivity index is 2.19. The SMILES string of the molecule is CC(=O)NC1COCOC1. The first-order valence-corrected chi connectivity index (χ1v) is 3.21. The van der Waals surface area contributed by atoms with E-state index in [0.717, 1.165) is 0 Å². The highest BCUT2D eigenvalue weighted by molar-refractivity contribution is 5.73. The highest BCUT2D eigenvalue weighted by Crippen LogP contribution is 1.95. The van der Waals surface area contributed by atoms with Crippen LogP contribution in [0, 0.1) is 0 Å². The number of carbonyl (C=O) groups excluding carboxylic acids is 1. The lowest BCUT2D eigenvalue weighted by molar-refractivity contribution is -0.131. The summed E-state index contributed by atoms with van der Waals surface area (Å²) in [5.74, 6) is -0.0425. The van der Waals surface area contributed by atoms with Gasteiger partial charge in [-0.1, -0.05) is 0 Å². The van der Waals surface area contributed by atoms with Crippen LogP contribution in [0.5, 0.6) is 0 Å². The molecule has 0 atom stereocenters. The first-order chi connectivity index (χ1) is 4.79. The van der Waals surface area contributed by atoms with Crippen LogP contribution in [-0.2, 0) is 14.3 Å². The average molecular weight is 145 g/mol. The van der Waals surface area contributed by atoms with Crippen molar-refractivity contribution < 1.29 is 14.3 Å². The summed E-state index contributed by atoms with van der Waals surface area (Å²) in [5, 5.41) is 2.69. The molecule has 0 spiro atoms. The van der Waals surface area contributed by atoms with Gasteiger partial charge in [0.05, 0.1) is 19.3 Å². The lowest BCUT2D eigenvalue weighted by Crippen LogP contribution is -2.43. The molecule has 1 aliphatic rings. The molecule has 4 nitrogen and oxygen atoms in total. The maximum Gasteiger partial charge on any atom is 0.217 e. The van der Waals surface area contributed by atoms with Crippen molar-refractivity contribution in [3.05, 3.63) is 0 Å². The van der Waals surface area contributed by atoms with Gasteiger partial charge in [0.1, 0.15) is 6.79 Å². The van der Waals surface area contributed by atoms with E-state index < -0.39 is 0 Å². The van der Waals surface area contributed by atoms with Crippen LogP contribution in [0.25, 0.3) is 0 Å². The smallest absolute Gasteiger partial charge is 0.217 e. The molecule has 0 aromatic heterocycles. The fourth-order valence-electron chi connectivity index (χ4n) is 0.859. The summed E-state index contributed by atoms with van der Waals surface area (Å²) < 4.78 is 9.89. The highest BCUT2D eigenvalue weighted by atomic mass is 16.7. The third-order valence-electron chi connectivity index (χ3n) is 1.21. The Morgan fingerprint density at radius 1 is 1.50 bits per heavy atom. The third kappa shape index (κ3) is 2.33. The van der Waals surface area contributed by atoms with Crippen LogP contribution in [0.1, 0.15) is 6.92 Å². The molecule has 1 N–H and O–H groups in total. The van der Waals surface area contributed by atoms with Gasteiger partial charge in [-0.3, -0.25) is 4.79 Å². The molecule has 0 saturated carbocycles. The van der Waals surface area contributed by atoms with E-state index in [2.05, 4.69) is 5.32 Å².